The van der Waals surface area contributed by atoms with Gasteiger partial charge in [-0.15, -0.1) is 0 Å². The summed E-state index contributed by atoms with van der Waals surface area (Å²) in [5, 5.41) is 15.9. The van der Waals surface area contributed by atoms with Crippen LogP contribution in [-0.2, 0) is 6.54 Å². The SMILES string of the molecule is N#Cc1ccc(CN2CNC=C2CN2CCN(C(=O)NC34CC5CC(CC(C5)C3)C4)CC2)cc1. The molecule has 4 aliphatic carbocycles. The Morgan fingerprint density at radius 3 is 2.26 bits per heavy atom. The van der Waals surface area contributed by atoms with E-state index in [1.54, 1.807) is 0 Å². The van der Waals surface area contributed by atoms with Gasteiger partial charge in [0.2, 0.25) is 0 Å². The van der Waals surface area contributed by atoms with Gasteiger partial charge < -0.3 is 20.4 Å². The smallest absolute Gasteiger partial charge is 0.317 e. The van der Waals surface area contributed by atoms with Crippen molar-refractivity contribution in [1.29, 1.82) is 5.26 Å². The number of hydrogen-bond acceptors (Lipinski definition) is 5. The predicted octanol–water partition coefficient (Wildman–Crippen LogP) is 3.06. The lowest BCUT2D eigenvalue weighted by Gasteiger charge is -2.57. The zero-order valence-corrected chi connectivity index (χ0v) is 20.0. The summed E-state index contributed by atoms with van der Waals surface area (Å²) in [5.74, 6) is 2.55. The molecule has 1 saturated heterocycles. The number of nitrogens with zero attached hydrogens (tertiary/aromatic N) is 4. The number of hydrogen-bond donors (Lipinski definition) is 2. The molecule has 4 saturated carbocycles. The minimum absolute atomic E-state index is 0.0925. The molecule has 2 heterocycles. The highest BCUT2D eigenvalue weighted by Gasteiger charge is 2.51. The Kier molecular flexibility index (Phi) is 5.65. The Bertz CT molecular complexity index is 952. The summed E-state index contributed by atoms with van der Waals surface area (Å²) in [6.07, 6.45) is 9.96. The van der Waals surface area contributed by atoms with Crippen LogP contribution in [0.5, 0.6) is 0 Å². The summed E-state index contributed by atoms with van der Waals surface area (Å²) < 4.78 is 0. The van der Waals surface area contributed by atoms with Crippen molar-refractivity contribution in [3.8, 4) is 6.07 Å². The van der Waals surface area contributed by atoms with E-state index in [4.69, 9.17) is 5.26 Å². The molecule has 34 heavy (non-hydrogen) atoms. The van der Waals surface area contributed by atoms with Crippen molar-refractivity contribution < 1.29 is 4.79 Å². The van der Waals surface area contributed by atoms with Crippen LogP contribution in [0.25, 0.3) is 0 Å². The Hall–Kier alpha value is -2.72. The molecule has 6 aliphatic rings. The van der Waals surface area contributed by atoms with Crippen molar-refractivity contribution in [2.24, 2.45) is 17.8 Å². The summed E-state index contributed by atoms with van der Waals surface area (Å²) in [4.78, 5) is 20.0. The van der Waals surface area contributed by atoms with Crippen LogP contribution in [0.1, 0.15) is 49.7 Å². The van der Waals surface area contributed by atoms with Crippen molar-refractivity contribution in [2.45, 2.75) is 50.6 Å². The van der Waals surface area contributed by atoms with E-state index in [1.807, 2.05) is 29.2 Å². The molecule has 7 heteroatoms. The van der Waals surface area contributed by atoms with E-state index in [0.717, 1.165) is 63.7 Å². The van der Waals surface area contributed by atoms with Crippen LogP contribution in [0, 0.1) is 29.1 Å². The number of nitriles is 1. The summed E-state index contributed by atoms with van der Waals surface area (Å²) in [6.45, 7) is 5.96. The molecule has 1 aromatic rings. The molecule has 0 unspecified atom stereocenters. The third kappa shape index (κ3) is 4.36. The van der Waals surface area contributed by atoms with E-state index in [-0.39, 0.29) is 11.6 Å². The van der Waals surface area contributed by atoms with E-state index in [2.05, 4.69) is 32.7 Å². The van der Waals surface area contributed by atoms with Crippen LogP contribution in [0.4, 0.5) is 4.79 Å². The number of nitrogens with one attached hydrogen (secondary N) is 2. The zero-order chi connectivity index (χ0) is 23.1. The number of carbonyl (C=O) groups is 1. The summed E-state index contributed by atoms with van der Waals surface area (Å²) in [7, 11) is 0. The maximum absolute atomic E-state index is 13.2. The fourth-order valence-electron chi connectivity index (χ4n) is 7.58. The summed E-state index contributed by atoms with van der Waals surface area (Å²) >= 11 is 0. The Balaban J connectivity index is 0.991. The largest absolute Gasteiger partial charge is 0.372 e. The van der Waals surface area contributed by atoms with Crippen molar-refractivity contribution in [2.75, 3.05) is 39.4 Å². The highest BCUT2D eigenvalue weighted by Crippen LogP contribution is 2.55. The van der Waals surface area contributed by atoms with Crippen LogP contribution >= 0.6 is 0 Å². The molecule has 0 spiro atoms. The first-order valence-electron chi connectivity index (χ1n) is 13.0. The normalized spacial score (nSPS) is 32.3. The molecule has 1 aromatic carbocycles. The highest BCUT2D eigenvalue weighted by molar-refractivity contribution is 5.75. The number of benzene rings is 1. The van der Waals surface area contributed by atoms with Gasteiger partial charge in [-0.3, -0.25) is 4.90 Å². The predicted molar refractivity (Wildman–Crippen MR) is 130 cm³/mol. The topological polar surface area (TPSA) is 74.6 Å². The van der Waals surface area contributed by atoms with Gasteiger partial charge in [0.05, 0.1) is 18.3 Å². The molecule has 0 radical (unpaired) electrons. The minimum atomic E-state index is 0.0925. The lowest BCUT2D eigenvalue weighted by atomic mass is 9.53. The third-order valence-electron chi connectivity index (χ3n) is 8.87. The van der Waals surface area contributed by atoms with Crippen LogP contribution in [0.15, 0.2) is 36.2 Å². The molecule has 2 N–H and O–H groups in total. The minimum Gasteiger partial charge on any atom is -0.372 e. The van der Waals surface area contributed by atoms with Crippen LogP contribution in [-0.4, -0.2) is 65.7 Å². The van der Waals surface area contributed by atoms with Crippen LogP contribution < -0.4 is 10.6 Å². The first-order chi connectivity index (χ1) is 16.6. The van der Waals surface area contributed by atoms with E-state index < -0.39 is 0 Å². The van der Waals surface area contributed by atoms with Crippen molar-refractivity contribution in [1.82, 2.24) is 25.3 Å². The molecule has 0 atom stereocenters. The monoisotopic (exact) mass is 460 g/mol. The van der Waals surface area contributed by atoms with E-state index in [1.165, 1.54) is 49.8 Å². The Morgan fingerprint density at radius 2 is 1.65 bits per heavy atom. The molecule has 7 rings (SSSR count). The summed E-state index contributed by atoms with van der Waals surface area (Å²) in [5.41, 5.74) is 3.29. The highest BCUT2D eigenvalue weighted by atomic mass is 16.2. The lowest BCUT2D eigenvalue weighted by molar-refractivity contribution is -0.0164. The number of piperazine rings is 1. The maximum atomic E-state index is 13.2. The van der Waals surface area contributed by atoms with Gasteiger partial charge in [0, 0.05) is 56.7 Å². The first kappa shape index (κ1) is 21.8. The molecule has 180 valence electrons. The van der Waals surface area contributed by atoms with Gasteiger partial charge >= 0.3 is 6.03 Å². The summed E-state index contributed by atoms with van der Waals surface area (Å²) in [6, 6.07) is 10.2. The molecular formula is C27H36N6O. The van der Waals surface area contributed by atoms with Gasteiger partial charge in [-0.25, -0.2) is 4.79 Å². The van der Waals surface area contributed by atoms with Gasteiger partial charge in [0.15, 0.2) is 0 Å². The number of carbonyl (C=O) groups excluding carboxylic acids is 1. The van der Waals surface area contributed by atoms with Crippen molar-refractivity contribution in [3.63, 3.8) is 0 Å². The molecule has 2 amide bonds. The fraction of sp³-hybridized carbons (Fsp3) is 0.630. The molecule has 4 bridgehead atoms. The van der Waals surface area contributed by atoms with Crippen LogP contribution in [0.2, 0.25) is 0 Å². The van der Waals surface area contributed by atoms with Crippen molar-refractivity contribution >= 4 is 6.03 Å². The van der Waals surface area contributed by atoms with Gasteiger partial charge in [0.25, 0.3) is 0 Å². The second-order valence-electron chi connectivity index (χ2n) is 11.4. The zero-order valence-electron chi connectivity index (χ0n) is 20.0. The van der Waals surface area contributed by atoms with E-state index in [0.29, 0.717) is 5.56 Å². The second-order valence-corrected chi connectivity index (χ2v) is 11.4. The molecule has 7 nitrogen and oxygen atoms in total. The lowest BCUT2D eigenvalue weighted by Crippen LogP contribution is -2.63. The first-order valence-corrected chi connectivity index (χ1v) is 13.0. The third-order valence-corrected chi connectivity index (χ3v) is 8.87. The number of rotatable bonds is 5. The average molecular weight is 461 g/mol. The van der Waals surface area contributed by atoms with Gasteiger partial charge in [-0.05, 0) is 74.0 Å². The van der Waals surface area contributed by atoms with Gasteiger partial charge in [-0.2, -0.15) is 5.26 Å². The molecule has 0 aromatic heterocycles. The standard InChI is InChI=1S/C27H36N6O/c28-15-20-1-3-21(4-2-20)17-33-19-29-16-25(33)18-31-5-7-32(8-6-31)26(34)30-27-12-22-9-23(13-27)11-24(10-22)14-27/h1-4,16,22-24,29H,5-14,17-19H2,(H,30,34). The Morgan fingerprint density at radius 1 is 1.00 bits per heavy atom. The number of urea groups is 1. The van der Waals surface area contributed by atoms with Gasteiger partial charge in [0.1, 0.15) is 0 Å². The molecular weight excluding hydrogens is 424 g/mol. The Labute approximate surface area is 202 Å². The van der Waals surface area contributed by atoms with Gasteiger partial charge in [-0.1, -0.05) is 12.1 Å². The number of amides is 2. The van der Waals surface area contributed by atoms with E-state index >= 15 is 0 Å². The van der Waals surface area contributed by atoms with Crippen molar-refractivity contribution in [3.05, 3.63) is 47.3 Å². The molecule has 2 aliphatic heterocycles. The molecule has 5 fully saturated rings. The maximum Gasteiger partial charge on any atom is 0.317 e. The quantitative estimate of drug-likeness (QED) is 0.707. The van der Waals surface area contributed by atoms with Crippen LogP contribution in [0.3, 0.4) is 0 Å². The fourth-order valence-corrected chi connectivity index (χ4v) is 7.58. The average Bonchev–Trinajstić information content (AvgIpc) is 3.25. The van der Waals surface area contributed by atoms with E-state index in [9.17, 15) is 4.79 Å². The second kappa shape index (κ2) is 8.81.